The van der Waals surface area contributed by atoms with Gasteiger partial charge in [-0.3, -0.25) is 4.79 Å². The van der Waals surface area contributed by atoms with Crippen LogP contribution in [-0.4, -0.2) is 11.9 Å². The van der Waals surface area contributed by atoms with Crippen LogP contribution in [0.2, 0.25) is 0 Å². The van der Waals surface area contributed by atoms with Crippen LogP contribution in [0.5, 0.6) is 0 Å². The number of nitrogens with two attached hydrogens (primary N) is 1. The van der Waals surface area contributed by atoms with Crippen molar-refractivity contribution >= 4 is 11.6 Å². The number of hydrogen-bond donors (Lipinski definition) is 1. The third-order valence-electron chi connectivity index (χ3n) is 3.88. The van der Waals surface area contributed by atoms with Crippen molar-refractivity contribution in [1.82, 2.24) is 0 Å². The fourth-order valence-corrected chi connectivity index (χ4v) is 2.65. The largest absolute Gasteiger partial charge is 0.324 e. The number of anilines is 1. The number of fused-ring (bicyclic) bond motifs is 1. The molecule has 3 nitrogen and oxygen atoms in total. The lowest BCUT2D eigenvalue weighted by Crippen LogP contribution is -2.48. The molecule has 1 aromatic rings. The van der Waals surface area contributed by atoms with E-state index in [2.05, 4.69) is 19.9 Å². The van der Waals surface area contributed by atoms with E-state index in [4.69, 9.17) is 5.73 Å². The molecule has 1 aliphatic heterocycles. The zero-order valence-electron chi connectivity index (χ0n) is 10.9. The van der Waals surface area contributed by atoms with Crippen LogP contribution in [0.25, 0.3) is 0 Å². The molecule has 3 heteroatoms. The van der Waals surface area contributed by atoms with Crippen molar-refractivity contribution in [3.63, 3.8) is 0 Å². The number of hydrogen-bond acceptors (Lipinski definition) is 2. The molecule has 0 aromatic heterocycles. The van der Waals surface area contributed by atoms with Gasteiger partial charge >= 0.3 is 0 Å². The molecule has 0 unspecified atom stereocenters. The highest BCUT2D eigenvalue weighted by Gasteiger charge is 2.35. The second-order valence-electron chi connectivity index (χ2n) is 5.08. The number of amides is 1. The Bertz CT molecular complexity index is 456. The fraction of sp³-hybridized carbons (Fsp3) is 0.500. The Hall–Kier alpha value is -1.35. The molecule has 0 saturated heterocycles. The van der Waals surface area contributed by atoms with Gasteiger partial charge in [0.15, 0.2) is 0 Å². The van der Waals surface area contributed by atoms with Crippen molar-refractivity contribution in [3.8, 4) is 0 Å². The van der Waals surface area contributed by atoms with Gasteiger partial charge in [0.1, 0.15) is 0 Å². The van der Waals surface area contributed by atoms with E-state index >= 15 is 0 Å². The summed E-state index contributed by atoms with van der Waals surface area (Å²) in [7, 11) is 0. The van der Waals surface area contributed by atoms with Gasteiger partial charge in [0.2, 0.25) is 5.91 Å². The molecule has 0 aliphatic carbocycles. The van der Waals surface area contributed by atoms with Gasteiger partial charge < -0.3 is 10.6 Å². The summed E-state index contributed by atoms with van der Waals surface area (Å²) >= 11 is 0. The van der Waals surface area contributed by atoms with Gasteiger partial charge in [0, 0.05) is 24.7 Å². The molecule has 2 rings (SSSR count). The quantitative estimate of drug-likeness (QED) is 0.746. The van der Waals surface area contributed by atoms with Gasteiger partial charge in [-0.2, -0.15) is 0 Å². The molecule has 17 heavy (non-hydrogen) atoms. The first kappa shape index (κ1) is 12.1. The average molecular weight is 232 g/mol. The van der Waals surface area contributed by atoms with Crippen molar-refractivity contribution in [2.24, 2.45) is 11.7 Å². The number of carbonyl (C=O) groups excluding carboxylic acids is 1. The summed E-state index contributed by atoms with van der Waals surface area (Å²) in [6, 6.07) is 6.30. The second kappa shape index (κ2) is 4.15. The highest BCUT2D eigenvalue weighted by atomic mass is 16.2. The van der Waals surface area contributed by atoms with Crippen LogP contribution in [0.1, 0.15) is 37.9 Å². The molecule has 92 valence electrons. The van der Waals surface area contributed by atoms with Crippen molar-refractivity contribution in [2.75, 3.05) is 4.90 Å². The summed E-state index contributed by atoms with van der Waals surface area (Å²) in [4.78, 5) is 13.7. The van der Waals surface area contributed by atoms with E-state index in [0.29, 0.717) is 0 Å². The minimum absolute atomic E-state index is 0.00972. The molecule has 0 bridgehead atoms. The van der Waals surface area contributed by atoms with Crippen LogP contribution >= 0.6 is 0 Å². The average Bonchev–Trinajstić information content (AvgIpc) is 2.27. The van der Waals surface area contributed by atoms with E-state index in [1.165, 1.54) is 5.56 Å². The Morgan fingerprint density at radius 3 is 2.59 bits per heavy atom. The van der Waals surface area contributed by atoms with Crippen LogP contribution < -0.4 is 10.6 Å². The SMILES string of the molecule is CC(=O)N1c2ccc(C)cc2[C@H](N)[C@@H](C)[C@@H]1C. The van der Waals surface area contributed by atoms with Crippen molar-refractivity contribution < 1.29 is 4.79 Å². The summed E-state index contributed by atoms with van der Waals surface area (Å²) in [5, 5.41) is 0. The smallest absolute Gasteiger partial charge is 0.224 e. The van der Waals surface area contributed by atoms with E-state index in [1.807, 2.05) is 24.0 Å². The predicted molar refractivity (Wildman–Crippen MR) is 69.9 cm³/mol. The van der Waals surface area contributed by atoms with Gasteiger partial charge in [-0.15, -0.1) is 0 Å². The highest BCUT2D eigenvalue weighted by Crippen LogP contribution is 2.39. The lowest BCUT2D eigenvalue weighted by Gasteiger charge is -2.42. The Labute approximate surface area is 103 Å². The van der Waals surface area contributed by atoms with Crippen LogP contribution in [0, 0.1) is 12.8 Å². The summed E-state index contributed by atoms with van der Waals surface area (Å²) in [6.07, 6.45) is 0. The van der Waals surface area contributed by atoms with Crippen LogP contribution in [0.3, 0.4) is 0 Å². The maximum atomic E-state index is 11.8. The summed E-state index contributed by atoms with van der Waals surface area (Å²) < 4.78 is 0. The summed E-state index contributed by atoms with van der Waals surface area (Å²) in [5.41, 5.74) is 9.52. The summed E-state index contributed by atoms with van der Waals surface area (Å²) in [5.74, 6) is 0.356. The number of carbonyl (C=O) groups is 1. The second-order valence-corrected chi connectivity index (χ2v) is 5.08. The zero-order valence-corrected chi connectivity index (χ0v) is 10.9. The Kier molecular flexibility index (Phi) is 2.96. The van der Waals surface area contributed by atoms with Crippen LogP contribution in [0.15, 0.2) is 18.2 Å². The maximum absolute atomic E-state index is 11.8. The molecule has 0 saturated carbocycles. The number of nitrogens with zero attached hydrogens (tertiary/aromatic N) is 1. The number of benzene rings is 1. The lowest BCUT2D eigenvalue weighted by molar-refractivity contribution is -0.117. The molecular weight excluding hydrogens is 212 g/mol. The number of rotatable bonds is 0. The molecular formula is C14H20N2O. The van der Waals surface area contributed by atoms with Gasteiger partial charge in [-0.1, -0.05) is 24.6 Å². The van der Waals surface area contributed by atoms with Gasteiger partial charge in [-0.25, -0.2) is 0 Å². The van der Waals surface area contributed by atoms with Crippen LogP contribution in [0.4, 0.5) is 5.69 Å². The topological polar surface area (TPSA) is 46.3 Å². The van der Waals surface area contributed by atoms with E-state index in [-0.39, 0.29) is 23.9 Å². The molecule has 0 fully saturated rings. The van der Waals surface area contributed by atoms with Crippen molar-refractivity contribution in [3.05, 3.63) is 29.3 Å². The van der Waals surface area contributed by atoms with Gasteiger partial charge in [-0.05, 0) is 31.4 Å². The molecule has 1 heterocycles. The maximum Gasteiger partial charge on any atom is 0.224 e. The first-order chi connectivity index (χ1) is 7.93. The predicted octanol–water partition coefficient (Wildman–Crippen LogP) is 2.39. The first-order valence-electron chi connectivity index (χ1n) is 6.09. The number of aryl methyl sites for hydroxylation is 1. The third kappa shape index (κ3) is 1.84. The molecule has 1 aromatic carbocycles. The van der Waals surface area contributed by atoms with E-state index < -0.39 is 0 Å². The van der Waals surface area contributed by atoms with E-state index in [1.54, 1.807) is 6.92 Å². The minimum Gasteiger partial charge on any atom is -0.324 e. The molecule has 3 atom stereocenters. The lowest BCUT2D eigenvalue weighted by atomic mass is 9.83. The van der Waals surface area contributed by atoms with E-state index in [9.17, 15) is 4.79 Å². The molecule has 1 aliphatic rings. The first-order valence-corrected chi connectivity index (χ1v) is 6.09. The Balaban J connectivity index is 2.60. The molecule has 1 amide bonds. The normalized spacial score (nSPS) is 27.8. The minimum atomic E-state index is 0.00972. The highest BCUT2D eigenvalue weighted by molar-refractivity contribution is 5.93. The van der Waals surface area contributed by atoms with Gasteiger partial charge in [0.05, 0.1) is 0 Å². The van der Waals surface area contributed by atoms with E-state index in [0.717, 1.165) is 11.3 Å². The zero-order chi connectivity index (χ0) is 12.7. The molecule has 2 N–H and O–H groups in total. The monoisotopic (exact) mass is 232 g/mol. The van der Waals surface area contributed by atoms with Crippen molar-refractivity contribution in [2.45, 2.75) is 39.8 Å². The molecule has 0 radical (unpaired) electrons. The summed E-state index contributed by atoms with van der Waals surface area (Å²) in [6.45, 7) is 7.84. The third-order valence-corrected chi connectivity index (χ3v) is 3.88. The Morgan fingerprint density at radius 1 is 1.35 bits per heavy atom. The Morgan fingerprint density at radius 2 is 2.00 bits per heavy atom. The fourth-order valence-electron chi connectivity index (χ4n) is 2.65. The van der Waals surface area contributed by atoms with Crippen molar-refractivity contribution in [1.29, 1.82) is 0 Å². The van der Waals surface area contributed by atoms with Crippen LogP contribution in [-0.2, 0) is 4.79 Å². The molecule has 0 spiro atoms. The van der Waals surface area contributed by atoms with Gasteiger partial charge in [0.25, 0.3) is 0 Å². The standard InChI is InChI=1S/C14H20N2O/c1-8-5-6-13-12(7-8)14(15)9(2)10(3)16(13)11(4)17/h5-7,9-10,14H,15H2,1-4H3/t9-,10-,14+/m0/s1.